The average Bonchev–Trinajstić information content (AvgIpc) is 2.60. The molecule has 1 heterocycles. The van der Waals surface area contributed by atoms with Crippen LogP contribution in [0.15, 0.2) is 4.52 Å². The van der Waals surface area contributed by atoms with E-state index in [1.807, 2.05) is 26.8 Å². The van der Waals surface area contributed by atoms with Gasteiger partial charge in [0.15, 0.2) is 11.6 Å². The average molecular weight is 221 g/mol. The maximum absolute atomic E-state index is 11.2. The summed E-state index contributed by atoms with van der Waals surface area (Å²) in [6.07, 6.45) is 0.336. The number of nitriles is 1. The van der Waals surface area contributed by atoms with Gasteiger partial charge >= 0.3 is 0 Å². The minimum absolute atomic E-state index is 0.190. The van der Waals surface area contributed by atoms with Gasteiger partial charge in [0.2, 0.25) is 5.91 Å². The van der Waals surface area contributed by atoms with E-state index in [1.165, 1.54) is 0 Å². The fourth-order valence-electron chi connectivity index (χ4n) is 1.21. The first kappa shape index (κ1) is 12.2. The zero-order chi connectivity index (χ0) is 12.3. The second kappa shape index (κ2) is 4.35. The summed E-state index contributed by atoms with van der Waals surface area (Å²) in [4.78, 5) is 11.2. The predicted octanol–water partition coefficient (Wildman–Crippen LogP) is 2.19. The number of carbonyl (C=O) groups excluding carboxylic acids is 1. The minimum Gasteiger partial charge on any atom is -0.357 e. The summed E-state index contributed by atoms with van der Waals surface area (Å²) < 4.78 is 5.11. The van der Waals surface area contributed by atoms with Gasteiger partial charge < -0.3 is 9.84 Å². The lowest BCUT2D eigenvalue weighted by atomic mass is 9.90. The van der Waals surface area contributed by atoms with Crippen molar-refractivity contribution in [3.63, 3.8) is 0 Å². The van der Waals surface area contributed by atoms with Crippen molar-refractivity contribution in [2.45, 2.75) is 39.5 Å². The van der Waals surface area contributed by atoms with Gasteiger partial charge in [0.1, 0.15) is 11.6 Å². The molecule has 16 heavy (non-hydrogen) atoms. The first-order valence-electron chi connectivity index (χ1n) is 5.10. The Morgan fingerprint density at radius 2 is 2.19 bits per heavy atom. The van der Waals surface area contributed by atoms with Crippen LogP contribution in [0.2, 0.25) is 0 Å². The molecule has 0 unspecified atom stereocenters. The highest BCUT2D eigenvalue weighted by atomic mass is 16.5. The number of nitrogens with zero attached hydrogens (tertiary/aromatic N) is 2. The Bertz CT molecular complexity index is 435. The molecule has 0 aliphatic carbocycles. The maximum Gasteiger partial charge on any atom is 0.225 e. The lowest BCUT2D eigenvalue weighted by molar-refractivity contribution is -0.115. The van der Waals surface area contributed by atoms with Crippen LogP contribution < -0.4 is 5.32 Å². The summed E-state index contributed by atoms with van der Waals surface area (Å²) in [5, 5.41) is 15.3. The molecule has 1 N–H and O–H groups in total. The standard InChI is InChI=1S/C11H15N3O2/c1-5-8(15)13-10-7(6-12)9(16-14-10)11(2,3)4/h5H2,1-4H3,(H,13,14,15). The third-order valence-electron chi connectivity index (χ3n) is 2.06. The molecule has 1 aromatic rings. The van der Waals surface area contributed by atoms with Crippen molar-refractivity contribution < 1.29 is 9.32 Å². The van der Waals surface area contributed by atoms with Crippen LogP contribution in [0, 0.1) is 11.3 Å². The van der Waals surface area contributed by atoms with Crippen LogP contribution in [-0.4, -0.2) is 11.1 Å². The molecule has 1 amide bonds. The van der Waals surface area contributed by atoms with Crippen LogP contribution in [0.4, 0.5) is 5.82 Å². The molecule has 0 spiro atoms. The summed E-state index contributed by atoms with van der Waals surface area (Å²) in [5.41, 5.74) is -0.0120. The molecule has 0 fully saturated rings. The van der Waals surface area contributed by atoms with Crippen LogP contribution in [0.5, 0.6) is 0 Å². The number of hydrogen-bond donors (Lipinski definition) is 1. The fourth-order valence-corrected chi connectivity index (χ4v) is 1.21. The molecular formula is C11H15N3O2. The van der Waals surface area contributed by atoms with E-state index in [9.17, 15) is 4.79 Å². The Labute approximate surface area is 94.4 Å². The number of aromatic nitrogens is 1. The van der Waals surface area contributed by atoms with Crippen molar-refractivity contribution in [2.75, 3.05) is 5.32 Å². The molecule has 1 rings (SSSR count). The lowest BCUT2D eigenvalue weighted by Gasteiger charge is -2.13. The van der Waals surface area contributed by atoms with Crippen molar-refractivity contribution in [1.82, 2.24) is 5.16 Å². The van der Waals surface area contributed by atoms with E-state index in [0.717, 1.165) is 0 Å². The van der Waals surface area contributed by atoms with Crippen LogP contribution >= 0.6 is 0 Å². The molecule has 0 saturated carbocycles. The normalized spacial score (nSPS) is 10.9. The monoisotopic (exact) mass is 221 g/mol. The molecule has 0 saturated heterocycles. The van der Waals surface area contributed by atoms with Crippen LogP contribution in [0.25, 0.3) is 0 Å². The molecule has 0 aliphatic rings. The summed E-state index contributed by atoms with van der Waals surface area (Å²) in [7, 11) is 0. The first-order valence-corrected chi connectivity index (χ1v) is 5.10. The third-order valence-corrected chi connectivity index (χ3v) is 2.06. The van der Waals surface area contributed by atoms with Crippen molar-refractivity contribution >= 4 is 11.7 Å². The van der Waals surface area contributed by atoms with E-state index in [0.29, 0.717) is 17.7 Å². The number of amides is 1. The SMILES string of the molecule is CCC(=O)Nc1noc(C(C)(C)C)c1C#N. The smallest absolute Gasteiger partial charge is 0.225 e. The molecule has 5 heteroatoms. The number of anilines is 1. The maximum atomic E-state index is 11.2. The van der Waals surface area contributed by atoms with Crippen molar-refractivity contribution in [1.29, 1.82) is 5.26 Å². The zero-order valence-electron chi connectivity index (χ0n) is 9.92. The third kappa shape index (κ3) is 2.40. The number of hydrogen-bond acceptors (Lipinski definition) is 4. The second-order valence-electron chi connectivity index (χ2n) is 4.50. The summed E-state index contributed by atoms with van der Waals surface area (Å²) in [6.45, 7) is 7.48. The molecule has 86 valence electrons. The van der Waals surface area contributed by atoms with Crippen molar-refractivity contribution in [3.8, 4) is 6.07 Å². The van der Waals surface area contributed by atoms with Gasteiger partial charge in [-0.05, 0) is 0 Å². The summed E-state index contributed by atoms with van der Waals surface area (Å²) in [5.74, 6) is 0.505. The Hall–Kier alpha value is -1.83. The second-order valence-corrected chi connectivity index (χ2v) is 4.50. The summed E-state index contributed by atoms with van der Waals surface area (Å²) in [6, 6.07) is 2.01. The highest BCUT2D eigenvalue weighted by Crippen LogP contribution is 2.29. The van der Waals surface area contributed by atoms with E-state index in [4.69, 9.17) is 9.78 Å². The van der Waals surface area contributed by atoms with Gasteiger partial charge in [0.25, 0.3) is 0 Å². The molecule has 5 nitrogen and oxygen atoms in total. The predicted molar refractivity (Wildman–Crippen MR) is 58.8 cm³/mol. The van der Waals surface area contributed by atoms with Gasteiger partial charge in [-0.25, -0.2) is 0 Å². The lowest BCUT2D eigenvalue weighted by Crippen LogP contribution is -2.13. The molecule has 0 aromatic carbocycles. The van der Waals surface area contributed by atoms with E-state index in [1.54, 1.807) is 6.92 Å². The summed E-state index contributed by atoms with van der Waals surface area (Å²) >= 11 is 0. The Morgan fingerprint density at radius 3 is 2.62 bits per heavy atom. The fraction of sp³-hybridized carbons (Fsp3) is 0.545. The topological polar surface area (TPSA) is 78.9 Å². The zero-order valence-corrected chi connectivity index (χ0v) is 9.92. The van der Waals surface area contributed by atoms with E-state index in [2.05, 4.69) is 10.5 Å². The quantitative estimate of drug-likeness (QED) is 0.830. The van der Waals surface area contributed by atoms with Crippen molar-refractivity contribution in [2.24, 2.45) is 0 Å². The number of nitrogens with one attached hydrogen (secondary N) is 1. The van der Waals surface area contributed by atoms with Gasteiger partial charge in [-0.1, -0.05) is 32.9 Å². The Balaban J connectivity index is 3.11. The Kier molecular flexibility index (Phi) is 3.33. The van der Waals surface area contributed by atoms with E-state index < -0.39 is 0 Å². The molecule has 0 bridgehead atoms. The highest BCUT2D eigenvalue weighted by molar-refractivity contribution is 5.90. The Morgan fingerprint density at radius 1 is 1.56 bits per heavy atom. The molecular weight excluding hydrogens is 206 g/mol. The van der Waals surface area contributed by atoms with Crippen LogP contribution in [-0.2, 0) is 10.2 Å². The van der Waals surface area contributed by atoms with Gasteiger partial charge in [-0.3, -0.25) is 4.79 Å². The molecule has 0 aliphatic heterocycles. The van der Waals surface area contributed by atoms with Crippen LogP contribution in [0.1, 0.15) is 45.4 Å². The largest absolute Gasteiger partial charge is 0.357 e. The van der Waals surface area contributed by atoms with Gasteiger partial charge in [0, 0.05) is 11.8 Å². The molecule has 0 atom stereocenters. The van der Waals surface area contributed by atoms with Gasteiger partial charge in [0.05, 0.1) is 0 Å². The van der Waals surface area contributed by atoms with Crippen molar-refractivity contribution in [3.05, 3.63) is 11.3 Å². The van der Waals surface area contributed by atoms with E-state index in [-0.39, 0.29) is 17.1 Å². The van der Waals surface area contributed by atoms with Gasteiger partial charge in [-0.15, -0.1) is 0 Å². The highest BCUT2D eigenvalue weighted by Gasteiger charge is 2.27. The molecule has 1 aromatic heterocycles. The molecule has 0 radical (unpaired) electrons. The minimum atomic E-state index is -0.312. The van der Waals surface area contributed by atoms with Crippen LogP contribution in [0.3, 0.4) is 0 Å². The number of carbonyl (C=O) groups is 1. The first-order chi connectivity index (χ1) is 7.40. The van der Waals surface area contributed by atoms with E-state index >= 15 is 0 Å². The van der Waals surface area contributed by atoms with Gasteiger partial charge in [-0.2, -0.15) is 5.26 Å². The number of rotatable bonds is 2.